The smallest absolute Gasteiger partial charge is 0.407 e. The van der Waals surface area contributed by atoms with E-state index in [2.05, 4.69) is 17.2 Å². The largest absolute Gasteiger partial charge is 0.465 e. The van der Waals surface area contributed by atoms with Gasteiger partial charge in [-0.05, 0) is 64.2 Å². The van der Waals surface area contributed by atoms with Crippen LogP contribution in [0.5, 0.6) is 0 Å². The van der Waals surface area contributed by atoms with Crippen molar-refractivity contribution in [3.05, 3.63) is 42.0 Å². The lowest BCUT2D eigenvalue weighted by molar-refractivity contribution is -0.146. The summed E-state index contributed by atoms with van der Waals surface area (Å²) in [5.74, 6) is -0.00429. The number of carbonyl (C=O) groups is 3. The van der Waals surface area contributed by atoms with E-state index in [1.54, 1.807) is 0 Å². The minimum absolute atomic E-state index is 0.0286. The molecule has 0 aromatic heterocycles. The SMILES string of the molecule is C=C1CC2COC(=O)C2(Cc2ccc(NC(=O)CN3CC[C@@H](NC(=O)OC(C)(C)C)C3)cc2)C1. The van der Waals surface area contributed by atoms with Gasteiger partial charge in [-0.1, -0.05) is 24.3 Å². The molecule has 2 aliphatic heterocycles. The first-order chi connectivity index (χ1) is 16.0. The van der Waals surface area contributed by atoms with Gasteiger partial charge in [-0.25, -0.2) is 4.79 Å². The summed E-state index contributed by atoms with van der Waals surface area (Å²) in [7, 11) is 0. The molecule has 1 saturated carbocycles. The fourth-order valence-electron chi connectivity index (χ4n) is 5.30. The van der Waals surface area contributed by atoms with Gasteiger partial charge in [0, 0.05) is 30.7 Å². The van der Waals surface area contributed by atoms with Crippen LogP contribution in [0.1, 0.15) is 45.6 Å². The Balaban J connectivity index is 1.25. The van der Waals surface area contributed by atoms with Crippen LogP contribution in [0.4, 0.5) is 10.5 Å². The monoisotopic (exact) mass is 469 g/mol. The number of anilines is 1. The van der Waals surface area contributed by atoms with Crippen LogP contribution in [0.3, 0.4) is 0 Å². The van der Waals surface area contributed by atoms with Gasteiger partial charge in [-0.2, -0.15) is 0 Å². The minimum Gasteiger partial charge on any atom is -0.465 e. The Morgan fingerprint density at radius 3 is 2.71 bits per heavy atom. The second-order valence-corrected chi connectivity index (χ2v) is 10.9. The Morgan fingerprint density at radius 1 is 1.26 bits per heavy atom. The van der Waals surface area contributed by atoms with Crippen molar-refractivity contribution in [3.8, 4) is 0 Å². The molecule has 3 aliphatic rings. The lowest BCUT2D eigenvalue weighted by Crippen LogP contribution is -2.41. The maximum atomic E-state index is 12.5. The molecule has 34 heavy (non-hydrogen) atoms. The minimum atomic E-state index is -0.536. The molecule has 8 nitrogen and oxygen atoms in total. The number of nitrogens with one attached hydrogen (secondary N) is 2. The van der Waals surface area contributed by atoms with Crippen LogP contribution in [0.2, 0.25) is 0 Å². The summed E-state index contributed by atoms with van der Waals surface area (Å²) in [6.07, 6.45) is 2.52. The van der Waals surface area contributed by atoms with E-state index in [0.717, 1.165) is 36.2 Å². The molecule has 0 spiro atoms. The summed E-state index contributed by atoms with van der Waals surface area (Å²) >= 11 is 0. The first-order valence-corrected chi connectivity index (χ1v) is 12.0. The number of cyclic esters (lactones) is 1. The van der Waals surface area contributed by atoms with Crippen molar-refractivity contribution < 1.29 is 23.9 Å². The average molecular weight is 470 g/mol. The van der Waals surface area contributed by atoms with Crippen LogP contribution in [-0.4, -0.2) is 60.8 Å². The third-order valence-corrected chi connectivity index (χ3v) is 6.82. The van der Waals surface area contributed by atoms with Crippen LogP contribution in [0.25, 0.3) is 0 Å². The third-order valence-electron chi connectivity index (χ3n) is 6.82. The fourth-order valence-corrected chi connectivity index (χ4v) is 5.30. The molecule has 184 valence electrons. The number of ether oxygens (including phenoxy) is 2. The molecule has 2 unspecified atom stereocenters. The highest BCUT2D eigenvalue weighted by Gasteiger charge is 2.55. The highest BCUT2D eigenvalue weighted by Crippen LogP contribution is 2.52. The number of alkyl carbamates (subject to hydrolysis) is 1. The van der Waals surface area contributed by atoms with E-state index in [1.807, 2.05) is 49.9 Å². The van der Waals surface area contributed by atoms with Crippen LogP contribution in [0, 0.1) is 11.3 Å². The molecule has 8 heteroatoms. The van der Waals surface area contributed by atoms with Crippen LogP contribution < -0.4 is 10.6 Å². The molecule has 2 N–H and O–H groups in total. The number of hydrogen-bond donors (Lipinski definition) is 2. The Hall–Kier alpha value is -2.87. The Kier molecular flexibility index (Phi) is 6.71. The standard InChI is InChI=1S/C26H35N3O5/c1-17-11-19-16-33-23(31)26(19,12-17)13-18-5-7-20(8-6-18)27-22(30)15-29-10-9-21(14-29)28-24(32)34-25(2,3)4/h5-8,19,21H,1,9-16H2,2-4H3,(H,27,30)(H,28,32)/t19?,21-,26?/m1/s1. The summed E-state index contributed by atoms with van der Waals surface area (Å²) in [4.78, 5) is 39.0. The molecule has 0 bridgehead atoms. The summed E-state index contributed by atoms with van der Waals surface area (Å²) < 4.78 is 10.7. The molecular formula is C26H35N3O5. The van der Waals surface area contributed by atoms with E-state index in [9.17, 15) is 14.4 Å². The summed E-state index contributed by atoms with van der Waals surface area (Å²) in [6.45, 7) is 11.7. The molecule has 2 heterocycles. The number of hydrogen-bond acceptors (Lipinski definition) is 6. The van der Waals surface area contributed by atoms with Crippen LogP contribution >= 0.6 is 0 Å². The van der Waals surface area contributed by atoms with Crippen molar-refractivity contribution in [1.29, 1.82) is 0 Å². The van der Waals surface area contributed by atoms with Crippen LogP contribution in [0.15, 0.2) is 36.4 Å². The van der Waals surface area contributed by atoms with Gasteiger partial charge in [0.1, 0.15) is 5.60 Å². The van der Waals surface area contributed by atoms with Gasteiger partial charge in [0.15, 0.2) is 0 Å². The number of esters is 1. The van der Waals surface area contributed by atoms with Gasteiger partial charge in [0.05, 0.1) is 18.6 Å². The van der Waals surface area contributed by atoms with Crippen molar-refractivity contribution >= 4 is 23.7 Å². The van der Waals surface area contributed by atoms with E-state index in [0.29, 0.717) is 26.0 Å². The first kappa shape index (κ1) is 24.3. The average Bonchev–Trinajstić information content (AvgIpc) is 3.37. The van der Waals surface area contributed by atoms with Gasteiger partial charge < -0.3 is 20.1 Å². The Bertz CT molecular complexity index is 968. The third kappa shape index (κ3) is 5.60. The molecule has 1 aromatic carbocycles. The highest BCUT2D eigenvalue weighted by atomic mass is 16.6. The van der Waals surface area contributed by atoms with E-state index >= 15 is 0 Å². The molecule has 3 atom stereocenters. The zero-order valence-electron chi connectivity index (χ0n) is 20.3. The van der Waals surface area contributed by atoms with Gasteiger partial charge in [0.2, 0.25) is 5.91 Å². The predicted octanol–water partition coefficient (Wildman–Crippen LogP) is 3.28. The molecule has 3 fully saturated rings. The van der Waals surface area contributed by atoms with E-state index in [4.69, 9.17) is 9.47 Å². The van der Waals surface area contributed by atoms with Crippen molar-refractivity contribution in [2.75, 3.05) is 31.6 Å². The molecule has 0 radical (unpaired) electrons. The Morgan fingerprint density at radius 2 is 2.00 bits per heavy atom. The van der Waals surface area contributed by atoms with Gasteiger partial charge in [0.25, 0.3) is 0 Å². The zero-order valence-corrected chi connectivity index (χ0v) is 20.3. The predicted molar refractivity (Wildman–Crippen MR) is 128 cm³/mol. The topological polar surface area (TPSA) is 97.0 Å². The maximum Gasteiger partial charge on any atom is 0.407 e. The van der Waals surface area contributed by atoms with Crippen molar-refractivity contribution in [2.45, 2.75) is 58.1 Å². The lowest BCUT2D eigenvalue weighted by Gasteiger charge is -2.24. The number of amides is 2. The molecule has 1 aliphatic carbocycles. The van der Waals surface area contributed by atoms with Crippen LogP contribution in [-0.2, 0) is 25.5 Å². The van der Waals surface area contributed by atoms with Crippen molar-refractivity contribution in [1.82, 2.24) is 10.2 Å². The number of fused-ring (bicyclic) bond motifs is 1. The van der Waals surface area contributed by atoms with Crippen molar-refractivity contribution in [3.63, 3.8) is 0 Å². The van der Waals surface area contributed by atoms with Gasteiger partial charge in [-0.15, -0.1) is 0 Å². The molecular weight excluding hydrogens is 434 g/mol. The number of nitrogens with zero attached hydrogens (tertiary/aromatic N) is 1. The van der Waals surface area contributed by atoms with Gasteiger partial charge in [-0.3, -0.25) is 14.5 Å². The molecule has 2 saturated heterocycles. The second kappa shape index (κ2) is 9.41. The molecule has 4 rings (SSSR count). The number of likely N-dealkylation sites (tertiary alicyclic amines) is 1. The zero-order chi connectivity index (χ0) is 24.5. The van der Waals surface area contributed by atoms with E-state index in [-0.39, 0.29) is 30.4 Å². The highest BCUT2D eigenvalue weighted by molar-refractivity contribution is 5.92. The van der Waals surface area contributed by atoms with Gasteiger partial charge >= 0.3 is 12.1 Å². The lowest BCUT2D eigenvalue weighted by atomic mass is 9.75. The van der Waals surface area contributed by atoms with E-state index < -0.39 is 17.1 Å². The Labute approximate surface area is 201 Å². The summed E-state index contributed by atoms with van der Waals surface area (Å²) in [6, 6.07) is 7.65. The van der Waals surface area contributed by atoms with Crippen molar-refractivity contribution in [2.24, 2.45) is 11.3 Å². The number of rotatable bonds is 6. The number of carbonyl (C=O) groups excluding carboxylic acids is 3. The fraction of sp³-hybridized carbons (Fsp3) is 0.577. The first-order valence-electron chi connectivity index (χ1n) is 12.0. The number of allylic oxidation sites excluding steroid dienone is 1. The second-order valence-electron chi connectivity index (χ2n) is 10.9. The molecule has 1 aromatic rings. The number of benzene rings is 1. The molecule has 2 amide bonds. The summed E-state index contributed by atoms with van der Waals surface area (Å²) in [5.41, 5.74) is 1.87. The summed E-state index contributed by atoms with van der Waals surface area (Å²) in [5, 5.41) is 5.81. The normalized spacial score (nSPS) is 26.8. The van der Waals surface area contributed by atoms with E-state index in [1.165, 1.54) is 0 Å². The maximum absolute atomic E-state index is 12.5. The quantitative estimate of drug-likeness (QED) is 0.490.